The van der Waals surface area contributed by atoms with Crippen LogP contribution in [0, 0.1) is 0 Å². The molecule has 0 radical (unpaired) electrons. The first kappa shape index (κ1) is 14.6. The summed E-state index contributed by atoms with van der Waals surface area (Å²) >= 11 is 0. The maximum absolute atomic E-state index is 9.68. The lowest BCUT2D eigenvalue weighted by molar-refractivity contribution is -0.215. The zero-order valence-corrected chi connectivity index (χ0v) is 13.1. The van der Waals surface area contributed by atoms with Crippen LogP contribution in [0.2, 0.25) is 0 Å². The van der Waals surface area contributed by atoms with Gasteiger partial charge in [-0.05, 0) is 31.4 Å². The molecule has 0 unspecified atom stereocenters. The van der Waals surface area contributed by atoms with Crippen molar-refractivity contribution in [2.75, 3.05) is 13.2 Å². The maximum Gasteiger partial charge on any atom is 0.189 e. The lowest BCUT2D eigenvalue weighted by Gasteiger charge is -2.37. The first-order valence-corrected chi connectivity index (χ1v) is 8.00. The van der Waals surface area contributed by atoms with E-state index in [1.54, 1.807) is 0 Å². The average molecular weight is 305 g/mol. The van der Waals surface area contributed by atoms with E-state index < -0.39 is 5.79 Å². The molecule has 0 spiro atoms. The smallest absolute Gasteiger partial charge is 0.189 e. The monoisotopic (exact) mass is 305 g/mol. The van der Waals surface area contributed by atoms with Crippen LogP contribution in [0.15, 0.2) is 24.3 Å². The fourth-order valence-corrected chi connectivity index (χ4v) is 3.92. The second-order valence-electron chi connectivity index (χ2n) is 6.81. The van der Waals surface area contributed by atoms with Crippen molar-refractivity contribution in [1.82, 2.24) is 4.90 Å². The number of aliphatic hydroxyl groups is 1. The highest BCUT2D eigenvalue weighted by molar-refractivity contribution is 5.29. The van der Waals surface area contributed by atoms with E-state index in [9.17, 15) is 5.11 Å². The fraction of sp³-hybridized carbons (Fsp3) is 0.647. The Labute approximate surface area is 130 Å². The van der Waals surface area contributed by atoms with Gasteiger partial charge in [-0.1, -0.05) is 24.3 Å². The molecule has 4 atom stereocenters. The molecule has 3 aliphatic heterocycles. The van der Waals surface area contributed by atoms with E-state index in [2.05, 4.69) is 29.2 Å². The fourth-order valence-electron chi connectivity index (χ4n) is 3.92. The highest BCUT2D eigenvalue weighted by Crippen LogP contribution is 2.40. The molecule has 0 aliphatic carbocycles. The highest BCUT2D eigenvalue weighted by atomic mass is 16.8. The molecule has 1 aromatic rings. The first-order chi connectivity index (χ1) is 10.6. The van der Waals surface area contributed by atoms with Crippen LogP contribution in [-0.4, -0.2) is 53.5 Å². The van der Waals surface area contributed by atoms with Crippen molar-refractivity contribution in [3.05, 3.63) is 35.4 Å². The van der Waals surface area contributed by atoms with Crippen molar-refractivity contribution >= 4 is 0 Å². The lowest BCUT2D eigenvalue weighted by Crippen LogP contribution is -2.51. The number of nitrogens with zero attached hydrogens (tertiary/aromatic N) is 1. The highest BCUT2D eigenvalue weighted by Gasteiger charge is 2.56. The van der Waals surface area contributed by atoms with E-state index in [0.29, 0.717) is 0 Å². The minimum Gasteiger partial charge on any atom is -0.394 e. The molecule has 3 aliphatic rings. The quantitative estimate of drug-likeness (QED) is 0.892. The van der Waals surface area contributed by atoms with E-state index in [4.69, 9.17) is 14.2 Å². The molecule has 0 saturated carbocycles. The van der Waals surface area contributed by atoms with Crippen molar-refractivity contribution in [3.8, 4) is 0 Å². The van der Waals surface area contributed by atoms with Crippen LogP contribution in [0.3, 0.4) is 0 Å². The van der Waals surface area contributed by atoms with Crippen molar-refractivity contribution in [2.45, 2.75) is 57.1 Å². The van der Waals surface area contributed by atoms with Gasteiger partial charge in [0.15, 0.2) is 12.1 Å². The van der Waals surface area contributed by atoms with Gasteiger partial charge in [0.1, 0.15) is 12.2 Å². The molecule has 3 heterocycles. The molecule has 0 aromatic heterocycles. The minimum atomic E-state index is -0.623. The lowest BCUT2D eigenvalue weighted by atomic mass is 9.96. The maximum atomic E-state index is 9.68. The molecule has 2 saturated heterocycles. The van der Waals surface area contributed by atoms with Gasteiger partial charge in [-0.3, -0.25) is 4.90 Å². The largest absolute Gasteiger partial charge is 0.394 e. The van der Waals surface area contributed by atoms with E-state index in [1.165, 1.54) is 11.1 Å². The Hall–Kier alpha value is -0.980. The van der Waals surface area contributed by atoms with Gasteiger partial charge in [-0.15, -0.1) is 0 Å². The molecule has 2 fully saturated rings. The van der Waals surface area contributed by atoms with Gasteiger partial charge < -0.3 is 19.3 Å². The molecule has 5 nitrogen and oxygen atoms in total. The van der Waals surface area contributed by atoms with Crippen molar-refractivity contribution in [2.24, 2.45) is 0 Å². The molecular formula is C17H23NO4. The molecule has 4 rings (SSSR count). The Morgan fingerprint density at radius 3 is 2.77 bits per heavy atom. The average Bonchev–Trinajstić information content (AvgIpc) is 2.97. The summed E-state index contributed by atoms with van der Waals surface area (Å²) in [6, 6.07) is 8.58. The van der Waals surface area contributed by atoms with Gasteiger partial charge in [0.2, 0.25) is 0 Å². The van der Waals surface area contributed by atoms with E-state index in [0.717, 1.165) is 19.5 Å². The molecule has 0 amide bonds. The molecule has 120 valence electrons. The Balaban J connectivity index is 1.58. The third-order valence-corrected chi connectivity index (χ3v) is 4.88. The van der Waals surface area contributed by atoms with E-state index in [-0.39, 0.29) is 31.1 Å². The Kier molecular flexibility index (Phi) is 3.51. The Morgan fingerprint density at radius 1 is 1.23 bits per heavy atom. The minimum absolute atomic E-state index is 0.0110. The molecule has 22 heavy (non-hydrogen) atoms. The second kappa shape index (κ2) is 5.28. The normalized spacial score (nSPS) is 37.0. The van der Waals surface area contributed by atoms with Crippen LogP contribution < -0.4 is 0 Å². The summed E-state index contributed by atoms with van der Waals surface area (Å²) in [4.78, 5) is 2.37. The van der Waals surface area contributed by atoms with Gasteiger partial charge >= 0.3 is 0 Å². The number of fused-ring (bicyclic) bond motifs is 2. The van der Waals surface area contributed by atoms with Crippen LogP contribution >= 0.6 is 0 Å². The summed E-state index contributed by atoms with van der Waals surface area (Å²) < 4.78 is 17.8. The number of aliphatic hydroxyl groups excluding tert-OH is 1. The second-order valence-corrected chi connectivity index (χ2v) is 6.81. The Bertz CT molecular complexity index is 561. The standard InChI is InChI=1S/C17H23NO4/c1-17(2)21-15-14(13(10-19)20-16(15)22-17)18-8-7-11-5-3-4-6-12(11)9-18/h3-6,13-16,19H,7-10H2,1-2H3/t13-,14+,15-,16-/m1/s1. The van der Waals surface area contributed by atoms with Crippen LogP contribution in [0.1, 0.15) is 25.0 Å². The molecule has 0 bridgehead atoms. The zero-order chi connectivity index (χ0) is 15.3. The number of rotatable bonds is 2. The number of hydrogen-bond acceptors (Lipinski definition) is 5. The van der Waals surface area contributed by atoms with E-state index >= 15 is 0 Å². The van der Waals surface area contributed by atoms with Crippen LogP contribution in [0.4, 0.5) is 0 Å². The Morgan fingerprint density at radius 2 is 2.00 bits per heavy atom. The summed E-state index contributed by atoms with van der Waals surface area (Å²) in [5, 5.41) is 9.68. The van der Waals surface area contributed by atoms with Crippen molar-refractivity contribution < 1.29 is 19.3 Å². The molecule has 1 aromatic carbocycles. The van der Waals surface area contributed by atoms with Crippen LogP contribution in [-0.2, 0) is 27.2 Å². The summed E-state index contributed by atoms with van der Waals surface area (Å²) in [6.07, 6.45) is 0.245. The van der Waals surface area contributed by atoms with Crippen molar-refractivity contribution in [1.29, 1.82) is 0 Å². The summed E-state index contributed by atoms with van der Waals surface area (Å²) in [7, 11) is 0. The van der Waals surface area contributed by atoms with Gasteiger partial charge in [-0.2, -0.15) is 0 Å². The van der Waals surface area contributed by atoms with Crippen molar-refractivity contribution in [3.63, 3.8) is 0 Å². The van der Waals surface area contributed by atoms with Gasteiger partial charge in [0.25, 0.3) is 0 Å². The number of ether oxygens (including phenoxy) is 3. The number of hydrogen-bond donors (Lipinski definition) is 1. The molecule has 1 N–H and O–H groups in total. The topological polar surface area (TPSA) is 51.2 Å². The van der Waals surface area contributed by atoms with Crippen LogP contribution in [0.25, 0.3) is 0 Å². The summed E-state index contributed by atoms with van der Waals surface area (Å²) in [6.45, 7) is 5.63. The van der Waals surface area contributed by atoms with Gasteiger partial charge in [0.05, 0.1) is 12.6 Å². The predicted molar refractivity (Wildman–Crippen MR) is 80.1 cm³/mol. The van der Waals surface area contributed by atoms with E-state index in [1.807, 2.05) is 13.8 Å². The first-order valence-electron chi connectivity index (χ1n) is 8.00. The number of benzene rings is 1. The SMILES string of the molecule is CC1(C)O[C@H]2O[C@H](CO)[C@H](N3CCc4ccccc4C3)[C@H]2O1. The van der Waals surface area contributed by atoms with Gasteiger partial charge in [0, 0.05) is 13.1 Å². The zero-order valence-electron chi connectivity index (χ0n) is 13.1. The summed E-state index contributed by atoms with van der Waals surface area (Å²) in [5.74, 6) is -0.623. The third-order valence-electron chi connectivity index (χ3n) is 4.88. The van der Waals surface area contributed by atoms with Crippen LogP contribution in [0.5, 0.6) is 0 Å². The van der Waals surface area contributed by atoms with Gasteiger partial charge in [-0.25, -0.2) is 0 Å². The predicted octanol–water partition coefficient (Wildman–Crippen LogP) is 1.28. The third kappa shape index (κ3) is 2.37. The molecular weight excluding hydrogens is 282 g/mol. The summed E-state index contributed by atoms with van der Waals surface area (Å²) in [5.41, 5.74) is 2.77. The molecule has 5 heteroatoms.